The molecule has 1 aromatic carbocycles. The van der Waals surface area contributed by atoms with E-state index in [2.05, 4.69) is 0 Å². The predicted molar refractivity (Wildman–Crippen MR) is 63.5 cm³/mol. The van der Waals surface area contributed by atoms with Crippen molar-refractivity contribution >= 4 is 24.1 Å². The molecule has 0 unspecified atom stereocenters. The summed E-state index contributed by atoms with van der Waals surface area (Å²) < 4.78 is 4.88. The molecule has 0 radical (unpaired) electrons. The molecule has 0 heterocycles. The SMILES string of the molecule is CCOC(=O)c1ccc(C)c(C)c1N.Cl. The number of rotatable bonds is 2. The van der Waals surface area contributed by atoms with Gasteiger partial charge in [0.15, 0.2) is 0 Å². The molecule has 3 nitrogen and oxygen atoms in total. The smallest absolute Gasteiger partial charge is 0.340 e. The summed E-state index contributed by atoms with van der Waals surface area (Å²) in [5, 5.41) is 0. The van der Waals surface area contributed by atoms with Gasteiger partial charge in [-0.1, -0.05) is 6.07 Å². The topological polar surface area (TPSA) is 52.3 Å². The molecule has 0 fully saturated rings. The Bertz CT molecular complexity index is 364. The quantitative estimate of drug-likeness (QED) is 0.626. The third-order valence-electron chi connectivity index (χ3n) is 2.28. The molecule has 0 aliphatic rings. The molecule has 0 aliphatic heterocycles. The van der Waals surface area contributed by atoms with Gasteiger partial charge in [-0.15, -0.1) is 12.4 Å². The van der Waals surface area contributed by atoms with Crippen LogP contribution in [0.15, 0.2) is 12.1 Å². The number of carbonyl (C=O) groups excluding carboxylic acids is 1. The lowest BCUT2D eigenvalue weighted by Gasteiger charge is -2.09. The van der Waals surface area contributed by atoms with Crippen LogP contribution in [-0.4, -0.2) is 12.6 Å². The van der Waals surface area contributed by atoms with Crippen molar-refractivity contribution in [3.63, 3.8) is 0 Å². The van der Waals surface area contributed by atoms with Crippen LogP contribution in [0.5, 0.6) is 0 Å². The Kier molecular flexibility index (Phi) is 5.15. The minimum absolute atomic E-state index is 0. The molecule has 0 bridgehead atoms. The fraction of sp³-hybridized carbons (Fsp3) is 0.364. The number of esters is 1. The lowest BCUT2D eigenvalue weighted by Crippen LogP contribution is -2.09. The Labute approximate surface area is 96.0 Å². The first-order valence-corrected chi connectivity index (χ1v) is 4.60. The van der Waals surface area contributed by atoms with Crippen LogP contribution in [0.3, 0.4) is 0 Å². The summed E-state index contributed by atoms with van der Waals surface area (Å²) in [7, 11) is 0. The van der Waals surface area contributed by atoms with Crippen molar-refractivity contribution in [2.24, 2.45) is 0 Å². The highest BCUT2D eigenvalue weighted by Gasteiger charge is 2.12. The predicted octanol–water partition coefficient (Wildman–Crippen LogP) is 2.48. The minimum Gasteiger partial charge on any atom is -0.462 e. The number of benzene rings is 1. The minimum atomic E-state index is -0.354. The van der Waals surface area contributed by atoms with Gasteiger partial charge in [0.25, 0.3) is 0 Å². The van der Waals surface area contributed by atoms with E-state index in [1.807, 2.05) is 19.9 Å². The monoisotopic (exact) mass is 229 g/mol. The summed E-state index contributed by atoms with van der Waals surface area (Å²) in [6.45, 7) is 5.99. The number of hydrogen-bond acceptors (Lipinski definition) is 3. The summed E-state index contributed by atoms with van der Waals surface area (Å²) in [6.07, 6.45) is 0. The molecule has 84 valence electrons. The van der Waals surface area contributed by atoms with E-state index in [9.17, 15) is 4.79 Å². The number of aryl methyl sites for hydroxylation is 1. The van der Waals surface area contributed by atoms with Crippen molar-refractivity contribution in [1.82, 2.24) is 0 Å². The second kappa shape index (κ2) is 5.61. The summed E-state index contributed by atoms with van der Waals surface area (Å²) in [5.41, 5.74) is 8.80. The Morgan fingerprint density at radius 3 is 2.53 bits per heavy atom. The van der Waals surface area contributed by atoms with Crippen LogP contribution in [0.1, 0.15) is 28.4 Å². The van der Waals surface area contributed by atoms with Gasteiger partial charge >= 0.3 is 5.97 Å². The van der Waals surface area contributed by atoms with Gasteiger partial charge in [-0.25, -0.2) is 4.79 Å². The maximum Gasteiger partial charge on any atom is 0.340 e. The molecule has 0 atom stereocenters. The lowest BCUT2D eigenvalue weighted by atomic mass is 10.0. The zero-order valence-electron chi connectivity index (χ0n) is 9.16. The Hall–Kier alpha value is -1.22. The highest BCUT2D eigenvalue weighted by Crippen LogP contribution is 2.20. The van der Waals surface area contributed by atoms with Crippen molar-refractivity contribution in [1.29, 1.82) is 0 Å². The van der Waals surface area contributed by atoms with E-state index in [0.717, 1.165) is 11.1 Å². The molecule has 0 saturated carbocycles. The number of hydrogen-bond donors (Lipinski definition) is 1. The summed E-state index contributed by atoms with van der Waals surface area (Å²) in [6, 6.07) is 3.58. The van der Waals surface area contributed by atoms with Gasteiger partial charge in [-0.05, 0) is 38.0 Å². The molecule has 0 saturated heterocycles. The molecule has 4 heteroatoms. The van der Waals surface area contributed by atoms with Gasteiger partial charge in [0.1, 0.15) is 0 Å². The number of nitrogens with two attached hydrogens (primary N) is 1. The van der Waals surface area contributed by atoms with Gasteiger partial charge in [-0.2, -0.15) is 0 Å². The number of anilines is 1. The third-order valence-corrected chi connectivity index (χ3v) is 2.28. The molecular formula is C11H16ClNO2. The average molecular weight is 230 g/mol. The van der Waals surface area contributed by atoms with Crippen LogP contribution >= 0.6 is 12.4 Å². The molecule has 1 rings (SSSR count). The van der Waals surface area contributed by atoms with Gasteiger partial charge in [0, 0.05) is 5.69 Å². The van der Waals surface area contributed by atoms with Crippen LogP contribution in [0.25, 0.3) is 0 Å². The number of ether oxygens (including phenoxy) is 1. The largest absolute Gasteiger partial charge is 0.462 e. The summed E-state index contributed by atoms with van der Waals surface area (Å²) in [5.74, 6) is -0.354. The van der Waals surface area contributed by atoms with Crippen LogP contribution in [0.4, 0.5) is 5.69 Å². The van der Waals surface area contributed by atoms with E-state index < -0.39 is 0 Å². The molecular weight excluding hydrogens is 214 g/mol. The van der Waals surface area contributed by atoms with E-state index in [1.165, 1.54) is 0 Å². The van der Waals surface area contributed by atoms with E-state index in [4.69, 9.17) is 10.5 Å². The van der Waals surface area contributed by atoms with Crippen molar-refractivity contribution in [2.45, 2.75) is 20.8 Å². The molecule has 0 aromatic heterocycles. The van der Waals surface area contributed by atoms with Crippen molar-refractivity contribution in [3.8, 4) is 0 Å². The van der Waals surface area contributed by atoms with Gasteiger partial charge in [0.05, 0.1) is 12.2 Å². The fourth-order valence-corrected chi connectivity index (χ4v) is 1.22. The number of halogens is 1. The second-order valence-corrected chi connectivity index (χ2v) is 3.19. The maximum absolute atomic E-state index is 11.4. The highest BCUT2D eigenvalue weighted by molar-refractivity contribution is 5.96. The first kappa shape index (κ1) is 13.8. The van der Waals surface area contributed by atoms with Crippen LogP contribution in [-0.2, 0) is 4.74 Å². The Balaban J connectivity index is 0.00000196. The molecule has 0 spiro atoms. The van der Waals surface area contributed by atoms with Gasteiger partial charge < -0.3 is 10.5 Å². The summed E-state index contributed by atoms with van der Waals surface area (Å²) in [4.78, 5) is 11.4. The average Bonchev–Trinajstić information content (AvgIpc) is 2.15. The molecule has 15 heavy (non-hydrogen) atoms. The first-order valence-electron chi connectivity index (χ1n) is 4.60. The normalized spacial score (nSPS) is 9.27. The third kappa shape index (κ3) is 2.86. The van der Waals surface area contributed by atoms with E-state index in [-0.39, 0.29) is 18.4 Å². The Morgan fingerprint density at radius 1 is 1.40 bits per heavy atom. The van der Waals surface area contributed by atoms with E-state index >= 15 is 0 Å². The van der Waals surface area contributed by atoms with Crippen LogP contribution in [0, 0.1) is 13.8 Å². The zero-order valence-corrected chi connectivity index (χ0v) is 9.98. The van der Waals surface area contributed by atoms with Crippen LogP contribution in [0.2, 0.25) is 0 Å². The van der Waals surface area contributed by atoms with E-state index in [0.29, 0.717) is 17.9 Å². The molecule has 0 amide bonds. The van der Waals surface area contributed by atoms with Crippen molar-refractivity contribution < 1.29 is 9.53 Å². The van der Waals surface area contributed by atoms with Gasteiger partial charge in [-0.3, -0.25) is 0 Å². The fourth-order valence-electron chi connectivity index (χ4n) is 1.22. The number of nitrogen functional groups attached to an aromatic ring is 1. The molecule has 2 N–H and O–H groups in total. The van der Waals surface area contributed by atoms with Crippen molar-refractivity contribution in [2.75, 3.05) is 12.3 Å². The van der Waals surface area contributed by atoms with E-state index in [1.54, 1.807) is 13.0 Å². The standard InChI is InChI=1S/C11H15NO2.ClH/c1-4-14-11(13)9-6-5-7(2)8(3)10(9)12;/h5-6H,4,12H2,1-3H3;1H. The summed E-state index contributed by atoms with van der Waals surface area (Å²) >= 11 is 0. The molecule has 1 aromatic rings. The molecule has 0 aliphatic carbocycles. The van der Waals surface area contributed by atoms with Crippen LogP contribution < -0.4 is 5.73 Å². The lowest BCUT2D eigenvalue weighted by molar-refractivity contribution is 0.0527. The maximum atomic E-state index is 11.4. The van der Waals surface area contributed by atoms with Gasteiger partial charge in [0.2, 0.25) is 0 Å². The number of carbonyl (C=O) groups is 1. The Morgan fingerprint density at radius 2 is 2.00 bits per heavy atom. The highest BCUT2D eigenvalue weighted by atomic mass is 35.5. The zero-order chi connectivity index (χ0) is 10.7. The van der Waals surface area contributed by atoms with Crippen molar-refractivity contribution in [3.05, 3.63) is 28.8 Å². The second-order valence-electron chi connectivity index (χ2n) is 3.19. The first-order chi connectivity index (χ1) is 6.57.